The fourth-order valence-electron chi connectivity index (χ4n) is 3.25. The van der Waals surface area contributed by atoms with Crippen LogP contribution < -0.4 is 10.3 Å². The molecule has 0 radical (unpaired) electrons. The van der Waals surface area contributed by atoms with Gasteiger partial charge in [-0.3, -0.25) is 4.79 Å². The van der Waals surface area contributed by atoms with E-state index in [9.17, 15) is 10.1 Å². The second kappa shape index (κ2) is 6.01. The minimum absolute atomic E-state index is 0.253. The maximum Gasteiger partial charge on any atom is 0.275 e. The molecule has 0 amide bonds. The van der Waals surface area contributed by atoms with Crippen molar-refractivity contribution in [3.8, 4) is 23.1 Å². The summed E-state index contributed by atoms with van der Waals surface area (Å²) >= 11 is 0. The molecule has 0 saturated heterocycles. The molecule has 0 fully saturated rings. The van der Waals surface area contributed by atoms with Gasteiger partial charge in [-0.25, -0.2) is 4.98 Å². The van der Waals surface area contributed by atoms with E-state index >= 15 is 0 Å². The Bertz CT molecular complexity index is 1230. The number of nitriles is 1. The first-order chi connectivity index (χ1) is 12.7. The summed E-state index contributed by atoms with van der Waals surface area (Å²) < 4.78 is 7.31. The fourth-order valence-corrected chi connectivity index (χ4v) is 3.25. The number of hydrogen-bond acceptors (Lipinski definition) is 5. The number of hydrogen-bond donors (Lipinski definition) is 1. The van der Waals surface area contributed by atoms with Crippen LogP contribution in [0.2, 0.25) is 0 Å². The standard InChI is InChI=1S/C19H15N5O2/c1-3-26-19-12(9-20)13(11-7-5-4-6-8-11)14-15-16(18(25)22-10-21-15)24(2)17(14)23-19/h4-8,10H,3H2,1-2H3,(H,21,22,25). The second-order valence-electron chi connectivity index (χ2n) is 5.76. The van der Waals surface area contributed by atoms with Crippen molar-refractivity contribution in [1.29, 1.82) is 5.26 Å². The molecule has 0 spiro atoms. The Balaban J connectivity index is 2.30. The number of H-pyrrole nitrogens is 1. The van der Waals surface area contributed by atoms with Crippen LogP contribution in [0.3, 0.4) is 0 Å². The first-order valence-electron chi connectivity index (χ1n) is 8.15. The zero-order valence-corrected chi connectivity index (χ0v) is 14.3. The van der Waals surface area contributed by atoms with Gasteiger partial charge in [-0.1, -0.05) is 30.3 Å². The van der Waals surface area contributed by atoms with Crippen molar-refractivity contribution in [3.63, 3.8) is 0 Å². The minimum Gasteiger partial charge on any atom is -0.477 e. The fraction of sp³-hybridized carbons (Fsp3) is 0.158. The molecule has 0 atom stereocenters. The summed E-state index contributed by atoms with van der Waals surface area (Å²) in [6.07, 6.45) is 1.36. The first kappa shape index (κ1) is 15.8. The molecule has 3 aromatic heterocycles. The van der Waals surface area contributed by atoms with E-state index in [0.29, 0.717) is 39.8 Å². The zero-order chi connectivity index (χ0) is 18.3. The van der Waals surface area contributed by atoms with Crippen molar-refractivity contribution in [2.24, 2.45) is 7.05 Å². The highest BCUT2D eigenvalue weighted by Crippen LogP contribution is 2.39. The highest BCUT2D eigenvalue weighted by Gasteiger charge is 2.24. The predicted molar refractivity (Wildman–Crippen MR) is 98.0 cm³/mol. The molecule has 0 aliphatic carbocycles. The van der Waals surface area contributed by atoms with Gasteiger partial charge in [0, 0.05) is 12.6 Å². The van der Waals surface area contributed by atoms with Gasteiger partial charge in [-0.05, 0) is 12.5 Å². The average Bonchev–Trinajstić information content (AvgIpc) is 2.95. The summed E-state index contributed by atoms with van der Waals surface area (Å²) in [4.78, 5) is 23.8. The second-order valence-corrected chi connectivity index (χ2v) is 5.76. The summed E-state index contributed by atoms with van der Waals surface area (Å²) in [7, 11) is 1.76. The third-order valence-electron chi connectivity index (χ3n) is 4.32. The van der Waals surface area contributed by atoms with Crippen LogP contribution in [0.4, 0.5) is 0 Å². The molecule has 128 valence electrons. The Morgan fingerprint density at radius 1 is 1.31 bits per heavy atom. The van der Waals surface area contributed by atoms with Crippen molar-refractivity contribution in [2.45, 2.75) is 6.92 Å². The van der Waals surface area contributed by atoms with Crippen LogP contribution in [0.5, 0.6) is 5.88 Å². The van der Waals surface area contributed by atoms with Crippen molar-refractivity contribution in [2.75, 3.05) is 6.61 Å². The normalized spacial score (nSPS) is 11.0. The molecule has 4 aromatic rings. The smallest absolute Gasteiger partial charge is 0.275 e. The lowest BCUT2D eigenvalue weighted by molar-refractivity contribution is 0.327. The quantitative estimate of drug-likeness (QED) is 0.616. The maximum atomic E-state index is 12.3. The number of rotatable bonds is 3. The van der Waals surface area contributed by atoms with Crippen LogP contribution >= 0.6 is 0 Å². The molecule has 1 N–H and O–H groups in total. The summed E-state index contributed by atoms with van der Waals surface area (Å²) in [5.74, 6) is 0.253. The molecule has 0 bridgehead atoms. The molecule has 0 unspecified atom stereocenters. The molecule has 1 aromatic carbocycles. The maximum absolute atomic E-state index is 12.3. The summed E-state index contributed by atoms with van der Waals surface area (Å²) in [6, 6.07) is 11.7. The van der Waals surface area contributed by atoms with Gasteiger partial charge in [-0.15, -0.1) is 0 Å². The van der Waals surface area contributed by atoms with E-state index in [4.69, 9.17) is 4.74 Å². The van der Waals surface area contributed by atoms with Gasteiger partial charge in [-0.2, -0.15) is 10.2 Å². The number of nitrogens with one attached hydrogen (secondary N) is 1. The number of nitrogens with zero attached hydrogens (tertiary/aromatic N) is 4. The Kier molecular flexibility index (Phi) is 3.66. The van der Waals surface area contributed by atoms with Gasteiger partial charge in [0.15, 0.2) is 0 Å². The van der Waals surface area contributed by atoms with Crippen LogP contribution in [0.25, 0.3) is 33.2 Å². The lowest BCUT2D eigenvalue weighted by atomic mass is 9.98. The predicted octanol–water partition coefficient (Wildman–Crippen LogP) is 2.75. The number of aryl methyl sites for hydroxylation is 1. The van der Waals surface area contributed by atoms with Crippen molar-refractivity contribution >= 4 is 22.1 Å². The van der Waals surface area contributed by atoms with E-state index in [1.165, 1.54) is 6.33 Å². The van der Waals surface area contributed by atoms with Gasteiger partial charge in [0.1, 0.15) is 28.3 Å². The van der Waals surface area contributed by atoms with Crippen molar-refractivity contribution in [1.82, 2.24) is 19.5 Å². The number of ether oxygens (including phenoxy) is 1. The van der Waals surface area contributed by atoms with Crippen LogP contribution in [-0.4, -0.2) is 26.1 Å². The van der Waals surface area contributed by atoms with Crippen molar-refractivity contribution < 1.29 is 4.74 Å². The average molecular weight is 345 g/mol. The molecule has 4 rings (SSSR count). The van der Waals surface area contributed by atoms with Crippen LogP contribution in [0, 0.1) is 11.3 Å². The van der Waals surface area contributed by atoms with E-state index < -0.39 is 0 Å². The van der Waals surface area contributed by atoms with E-state index in [1.54, 1.807) is 11.6 Å². The number of fused-ring (bicyclic) bond motifs is 3. The summed E-state index contributed by atoms with van der Waals surface area (Å²) in [5.41, 5.74) is 3.05. The molecule has 7 nitrogen and oxygen atoms in total. The molecule has 0 aliphatic heterocycles. The van der Waals surface area contributed by atoms with Crippen LogP contribution in [0.15, 0.2) is 41.5 Å². The highest BCUT2D eigenvalue weighted by molar-refractivity contribution is 6.13. The molecule has 3 heterocycles. The topological polar surface area (TPSA) is 96.6 Å². The third kappa shape index (κ3) is 2.16. The van der Waals surface area contributed by atoms with Crippen molar-refractivity contribution in [3.05, 3.63) is 52.6 Å². The number of aromatic nitrogens is 4. The van der Waals surface area contributed by atoms with E-state index in [2.05, 4.69) is 21.0 Å². The Hall–Kier alpha value is -3.66. The zero-order valence-electron chi connectivity index (χ0n) is 14.3. The largest absolute Gasteiger partial charge is 0.477 e. The van der Waals surface area contributed by atoms with Crippen LogP contribution in [0.1, 0.15) is 12.5 Å². The monoisotopic (exact) mass is 345 g/mol. The Labute approximate surface area is 148 Å². The molecule has 0 saturated carbocycles. The van der Waals surface area contributed by atoms with Gasteiger partial charge in [0.05, 0.1) is 18.3 Å². The lowest BCUT2D eigenvalue weighted by Gasteiger charge is -2.11. The molecule has 0 aliphatic rings. The number of benzene rings is 1. The van der Waals surface area contributed by atoms with Gasteiger partial charge >= 0.3 is 0 Å². The van der Waals surface area contributed by atoms with Crippen LogP contribution in [-0.2, 0) is 7.05 Å². The molecular formula is C19H15N5O2. The SMILES string of the molecule is CCOc1nc2c(c(-c3ccccc3)c1C#N)c1nc[nH]c(=O)c1n2C. The molecular weight excluding hydrogens is 330 g/mol. The Morgan fingerprint density at radius 2 is 2.08 bits per heavy atom. The number of aromatic amines is 1. The summed E-state index contributed by atoms with van der Waals surface area (Å²) in [5, 5.41) is 10.5. The Morgan fingerprint density at radius 3 is 2.77 bits per heavy atom. The lowest BCUT2D eigenvalue weighted by Crippen LogP contribution is -2.09. The molecule has 7 heteroatoms. The van der Waals surface area contributed by atoms with E-state index in [-0.39, 0.29) is 11.4 Å². The van der Waals surface area contributed by atoms with E-state index in [1.807, 2.05) is 37.3 Å². The first-order valence-corrected chi connectivity index (χ1v) is 8.15. The van der Waals surface area contributed by atoms with Gasteiger partial charge < -0.3 is 14.3 Å². The minimum atomic E-state index is -0.258. The van der Waals surface area contributed by atoms with Gasteiger partial charge in [0.2, 0.25) is 5.88 Å². The van der Waals surface area contributed by atoms with E-state index in [0.717, 1.165) is 5.56 Å². The number of pyridine rings is 1. The molecule has 26 heavy (non-hydrogen) atoms. The summed E-state index contributed by atoms with van der Waals surface area (Å²) in [6.45, 7) is 2.22. The highest BCUT2D eigenvalue weighted by atomic mass is 16.5. The van der Waals surface area contributed by atoms with Gasteiger partial charge in [0.25, 0.3) is 5.56 Å². The third-order valence-corrected chi connectivity index (χ3v) is 4.32.